The Morgan fingerprint density at radius 1 is 1.40 bits per heavy atom. The topological polar surface area (TPSA) is 52.3 Å². The number of carbonyl (C=O) groups excluding carboxylic acids is 1. The normalized spacial score (nSPS) is 10.9. The van der Waals surface area contributed by atoms with Gasteiger partial charge in [0.05, 0.1) is 0 Å². The third kappa shape index (κ3) is 4.11. The van der Waals surface area contributed by atoms with E-state index in [1.807, 2.05) is 0 Å². The van der Waals surface area contributed by atoms with Gasteiger partial charge in [-0.15, -0.1) is 0 Å². The first kappa shape index (κ1) is 14.6. The third-order valence-electron chi connectivity index (χ3n) is 2.40. The number of halogens is 2. The van der Waals surface area contributed by atoms with Crippen LogP contribution < -0.4 is 0 Å². The van der Waals surface area contributed by atoms with Crippen LogP contribution in [-0.4, -0.2) is 11.1 Å². The zero-order chi connectivity index (χ0) is 14.5. The van der Waals surface area contributed by atoms with Crippen LogP contribution in [0.25, 0.3) is 6.08 Å². The SMILES string of the molecule is Cc1cc(COC(=O)/C=C/c2ccc(Cl)cc2Cl)no1. The van der Waals surface area contributed by atoms with E-state index in [1.54, 1.807) is 37.3 Å². The van der Waals surface area contributed by atoms with E-state index in [1.165, 1.54) is 6.08 Å². The van der Waals surface area contributed by atoms with Crippen LogP contribution in [0.15, 0.2) is 34.9 Å². The highest BCUT2D eigenvalue weighted by Crippen LogP contribution is 2.21. The van der Waals surface area contributed by atoms with Crippen molar-refractivity contribution in [1.82, 2.24) is 5.16 Å². The second-order valence-electron chi connectivity index (χ2n) is 4.04. The van der Waals surface area contributed by atoms with Gasteiger partial charge in [-0.3, -0.25) is 0 Å². The Kier molecular flexibility index (Phi) is 4.82. The molecule has 0 saturated heterocycles. The van der Waals surface area contributed by atoms with E-state index in [0.29, 0.717) is 27.1 Å². The summed E-state index contributed by atoms with van der Waals surface area (Å²) < 4.78 is 9.87. The molecule has 0 aliphatic rings. The molecule has 0 aliphatic carbocycles. The number of hydrogen-bond donors (Lipinski definition) is 0. The molecule has 0 unspecified atom stereocenters. The summed E-state index contributed by atoms with van der Waals surface area (Å²) in [5.74, 6) is 0.177. The molecule has 0 N–H and O–H groups in total. The summed E-state index contributed by atoms with van der Waals surface area (Å²) in [5.41, 5.74) is 1.25. The van der Waals surface area contributed by atoms with Gasteiger partial charge < -0.3 is 9.26 Å². The number of aryl methyl sites for hydroxylation is 1. The molecule has 20 heavy (non-hydrogen) atoms. The summed E-state index contributed by atoms with van der Waals surface area (Å²) in [7, 11) is 0. The molecule has 1 aromatic heterocycles. The molecular formula is C14H11Cl2NO3. The van der Waals surface area contributed by atoms with Crippen LogP contribution in [0.5, 0.6) is 0 Å². The summed E-state index contributed by atoms with van der Waals surface area (Å²) in [4.78, 5) is 11.5. The van der Waals surface area contributed by atoms with Gasteiger partial charge >= 0.3 is 5.97 Å². The van der Waals surface area contributed by atoms with Crippen LogP contribution >= 0.6 is 23.2 Å². The standard InChI is InChI=1S/C14H11Cl2NO3/c1-9-6-12(17-20-9)8-19-14(18)5-3-10-2-4-11(15)7-13(10)16/h2-7H,8H2,1H3/b5-3+. The van der Waals surface area contributed by atoms with Crippen LogP contribution in [0.1, 0.15) is 17.0 Å². The molecule has 104 valence electrons. The third-order valence-corrected chi connectivity index (χ3v) is 2.96. The van der Waals surface area contributed by atoms with Gasteiger partial charge in [0.15, 0.2) is 0 Å². The van der Waals surface area contributed by atoms with Crippen LogP contribution in [0.3, 0.4) is 0 Å². The van der Waals surface area contributed by atoms with E-state index in [0.717, 1.165) is 0 Å². The number of esters is 1. The van der Waals surface area contributed by atoms with Crippen molar-refractivity contribution in [2.45, 2.75) is 13.5 Å². The Morgan fingerprint density at radius 3 is 2.85 bits per heavy atom. The van der Waals surface area contributed by atoms with Gasteiger partial charge in [0.2, 0.25) is 0 Å². The highest BCUT2D eigenvalue weighted by atomic mass is 35.5. The van der Waals surface area contributed by atoms with Crippen molar-refractivity contribution < 1.29 is 14.1 Å². The van der Waals surface area contributed by atoms with E-state index < -0.39 is 5.97 Å². The van der Waals surface area contributed by atoms with Gasteiger partial charge in [0.25, 0.3) is 0 Å². The fourth-order valence-corrected chi connectivity index (χ4v) is 1.95. The number of ether oxygens (including phenoxy) is 1. The maximum Gasteiger partial charge on any atom is 0.331 e. The Bertz CT molecular complexity index is 650. The smallest absolute Gasteiger partial charge is 0.331 e. The molecule has 0 amide bonds. The summed E-state index contributed by atoms with van der Waals surface area (Å²) in [6, 6.07) is 6.71. The number of nitrogens with zero attached hydrogens (tertiary/aromatic N) is 1. The van der Waals surface area contributed by atoms with E-state index in [4.69, 9.17) is 32.5 Å². The first-order valence-electron chi connectivity index (χ1n) is 5.76. The van der Waals surface area contributed by atoms with Gasteiger partial charge in [-0.2, -0.15) is 0 Å². The number of rotatable bonds is 4. The predicted molar refractivity (Wildman–Crippen MR) is 76.5 cm³/mol. The molecule has 2 aromatic rings. The average Bonchev–Trinajstić information content (AvgIpc) is 2.81. The number of benzene rings is 1. The van der Waals surface area contributed by atoms with Gasteiger partial charge in [-0.05, 0) is 30.7 Å². The van der Waals surface area contributed by atoms with Crippen molar-refractivity contribution in [3.05, 3.63) is 57.4 Å². The molecule has 1 aromatic carbocycles. The maximum atomic E-state index is 11.5. The monoisotopic (exact) mass is 311 g/mol. The molecular weight excluding hydrogens is 301 g/mol. The van der Waals surface area contributed by atoms with Crippen molar-refractivity contribution >= 4 is 35.2 Å². The number of carbonyl (C=O) groups is 1. The fourth-order valence-electron chi connectivity index (χ4n) is 1.47. The average molecular weight is 312 g/mol. The first-order chi connectivity index (χ1) is 9.54. The minimum absolute atomic E-state index is 0.0643. The van der Waals surface area contributed by atoms with Gasteiger partial charge in [-0.25, -0.2) is 4.79 Å². The lowest BCUT2D eigenvalue weighted by atomic mass is 10.2. The number of aromatic nitrogens is 1. The Morgan fingerprint density at radius 2 is 2.20 bits per heavy atom. The Labute approximate surface area is 125 Å². The lowest BCUT2D eigenvalue weighted by Crippen LogP contribution is -2.00. The minimum Gasteiger partial charge on any atom is -0.456 e. The van der Waals surface area contributed by atoms with Crippen LogP contribution in [0.2, 0.25) is 10.0 Å². The van der Waals surface area contributed by atoms with Crippen LogP contribution in [0.4, 0.5) is 0 Å². The molecule has 1 heterocycles. The summed E-state index contributed by atoms with van der Waals surface area (Å²) in [6.45, 7) is 1.83. The lowest BCUT2D eigenvalue weighted by Gasteiger charge is -1.99. The highest BCUT2D eigenvalue weighted by molar-refractivity contribution is 6.35. The van der Waals surface area contributed by atoms with Crippen LogP contribution in [0, 0.1) is 6.92 Å². The van der Waals surface area contributed by atoms with Crippen LogP contribution in [-0.2, 0) is 16.1 Å². The lowest BCUT2D eigenvalue weighted by molar-refractivity contribution is -0.139. The summed E-state index contributed by atoms with van der Waals surface area (Å²) in [5, 5.41) is 4.72. The zero-order valence-corrected chi connectivity index (χ0v) is 12.1. The molecule has 0 spiro atoms. The molecule has 4 nitrogen and oxygen atoms in total. The highest BCUT2D eigenvalue weighted by Gasteiger charge is 2.04. The number of hydrogen-bond acceptors (Lipinski definition) is 4. The van der Waals surface area contributed by atoms with Crippen molar-refractivity contribution in [2.75, 3.05) is 0 Å². The van der Waals surface area contributed by atoms with Crippen molar-refractivity contribution in [1.29, 1.82) is 0 Å². The van der Waals surface area contributed by atoms with E-state index in [-0.39, 0.29) is 6.61 Å². The molecule has 0 atom stereocenters. The molecule has 2 rings (SSSR count). The molecule has 6 heteroatoms. The zero-order valence-electron chi connectivity index (χ0n) is 10.6. The van der Waals surface area contributed by atoms with Gasteiger partial charge in [-0.1, -0.05) is 34.4 Å². The second-order valence-corrected chi connectivity index (χ2v) is 4.88. The molecule has 0 fully saturated rings. The summed E-state index contributed by atoms with van der Waals surface area (Å²) in [6.07, 6.45) is 2.86. The molecule has 0 bridgehead atoms. The van der Waals surface area contributed by atoms with Gasteiger partial charge in [0, 0.05) is 22.2 Å². The van der Waals surface area contributed by atoms with E-state index in [2.05, 4.69) is 5.16 Å². The Balaban J connectivity index is 1.92. The predicted octanol–water partition coefficient (Wildman–Crippen LogP) is 4.05. The van der Waals surface area contributed by atoms with Crippen molar-refractivity contribution in [3.8, 4) is 0 Å². The molecule has 0 radical (unpaired) electrons. The maximum absolute atomic E-state index is 11.5. The first-order valence-corrected chi connectivity index (χ1v) is 6.52. The molecule has 0 saturated carbocycles. The van der Waals surface area contributed by atoms with Gasteiger partial charge in [0.1, 0.15) is 18.1 Å². The fraction of sp³-hybridized carbons (Fsp3) is 0.143. The second kappa shape index (κ2) is 6.59. The van der Waals surface area contributed by atoms with Crippen molar-refractivity contribution in [2.24, 2.45) is 0 Å². The Hall–Kier alpha value is -1.78. The van der Waals surface area contributed by atoms with E-state index >= 15 is 0 Å². The quantitative estimate of drug-likeness (QED) is 0.631. The van der Waals surface area contributed by atoms with Crippen molar-refractivity contribution in [3.63, 3.8) is 0 Å². The van der Waals surface area contributed by atoms with E-state index in [9.17, 15) is 4.79 Å². The summed E-state index contributed by atoms with van der Waals surface area (Å²) >= 11 is 11.8. The molecule has 0 aliphatic heterocycles. The minimum atomic E-state index is -0.489. The largest absolute Gasteiger partial charge is 0.456 e.